The van der Waals surface area contributed by atoms with Crippen LogP contribution in [0.5, 0.6) is 5.75 Å². The molecule has 2 aromatic rings. The molecule has 2 heterocycles. The van der Waals surface area contributed by atoms with Gasteiger partial charge in [0.2, 0.25) is 5.89 Å². The molecule has 6 heteroatoms. The Morgan fingerprint density at radius 2 is 2.25 bits per heavy atom. The van der Waals surface area contributed by atoms with E-state index in [4.69, 9.17) is 9.26 Å². The van der Waals surface area contributed by atoms with Crippen LogP contribution in [-0.2, 0) is 13.1 Å². The first-order valence-electron chi connectivity index (χ1n) is 8.52. The Morgan fingerprint density at radius 3 is 3.00 bits per heavy atom. The standard InChI is InChI=1S/C18H26N4O2/c1-13-6-7-17(23-3)15(9-13)10-19-16-5-4-8-22(11-16)12-18-20-14(2)24-21-18/h6-7,9,16,19H,4-5,8,10-12H2,1-3H3/t16-/m1/s1. The van der Waals surface area contributed by atoms with Crippen LogP contribution in [0, 0.1) is 13.8 Å². The number of aryl methyl sites for hydroxylation is 2. The molecule has 0 bridgehead atoms. The van der Waals surface area contributed by atoms with Gasteiger partial charge >= 0.3 is 0 Å². The van der Waals surface area contributed by atoms with E-state index < -0.39 is 0 Å². The monoisotopic (exact) mass is 330 g/mol. The Kier molecular flexibility index (Phi) is 5.48. The van der Waals surface area contributed by atoms with Crippen LogP contribution in [0.15, 0.2) is 22.7 Å². The summed E-state index contributed by atoms with van der Waals surface area (Å²) in [6.07, 6.45) is 2.37. The Morgan fingerprint density at radius 1 is 1.38 bits per heavy atom. The van der Waals surface area contributed by atoms with Crippen LogP contribution in [0.3, 0.4) is 0 Å². The van der Waals surface area contributed by atoms with E-state index in [-0.39, 0.29) is 0 Å². The Labute approximate surface area is 143 Å². The number of benzene rings is 1. The fourth-order valence-corrected chi connectivity index (χ4v) is 3.27. The van der Waals surface area contributed by atoms with E-state index in [1.807, 2.05) is 13.0 Å². The van der Waals surface area contributed by atoms with Gasteiger partial charge in [-0.3, -0.25) is 4.90 Å². The van der Waals surface area contributed by atoms with Gasteiger partial charge in [0, 0.05) is 31.6 Å². The lowest BCUT2D eigenvalue weighted by Crippen LogP contribution is -2.45. The number of methoxy groups -OCH3 is 1. The second-order valence-electron chi connectivity index (χ2n) is 6.50. The summed E-state index contributed by atoms with van der Waals surface area (Å²) in [5.41, 5.74) is 2.47. The van der Waals surface area contributed by atoms with E-state index in [0.29, 0.717) is 11.9 Å². The van der Waals surface area contributed by atoms with Gasteiger partial charge in [-0.25, -0.2) is 0 Å². The molecule has 0 unspecified atom stereocenters. The molecule has 1 aliphatic heterocycles. The van der Waals surface area contributed by atoms with Crippen LogP contribution < -0.4 is 10.1 Å². The highest BCUT2D eigenvalue weighted by molar-refractivity contribution is 5.36. The number of nitrogens with zero attached hydrogens (tertiary/aromatic N) is 3. The Balaban J connectivity index is 1.55. The average Bonchev–Trinajstić information content (AvgIpc) is 2.98. The molecule has 1 atom stereocenters. The lowest BCUT2D eigenvalue weighted by Gasteiger charge is -2.32. The summed E-state index contributed by atoms with van der Waals surface area (Å²) in [5, 5.41) is 7.67. The van der Waals surface area contributed by atoms with Gasteiger partial charge in [0.05, 0.1) is 13.7 Å². The second-order valence-corrected chi connectivity index (χ2v) is 6.50. The summed E-state index contributed by atoms with van der Waals surface area (Å²) in [5.74, 6) is 2.35. The molecule has 1 aliphatic rings. The van der Waals surface area contributed by atoms with E-state index in [1.54, 1.807) is 7.11 Å². The first-order chi connectivity index (χ1) is 11.6. The summed E-state index contributed by atoms with van der Waals surface area (Å²) in [6, 6.07) is 6.78. The third-order valence-corrected chi connectivity index (χ3v) is 4.46. The first-order valence-corrected chi connectivity index (χ1v) is 8.52. The van der Waals surface area contributed by atoms with Crippen molar-refractivity contribution in [3.63, 3.8) is 0 Å². The molecular weight excluding hydrogens is 304 g/mol. The molecule has 24 heavy (non-hydrogen) atoms. The lowest BCUT2D eigenvalue weighted by atomic mass is 10.0. The predicted molar refractivity (Wildman–Crippen MR) is 91.9 cm³/mol. The number of hydrogen-bond acceptors (Lipinski definition) is 6. The molecule has 130 valence electrons. The van der Waals surface area contributed by atoms with Crippen molar-refractivity contribution in [2.45, 2.75) is 45.8 Å². The number of likely N-dealkylation sites (tertiary alicyclic amines) is 1. The first kappa shape index (κ1) is 16.9. The number of piperidine rings is 1. The van der Waals surface area contributed by atoms with Crippen LogP contribution in [0.25, 0.3) is 0 Å². The van der Waals surface area contributed by atoms with Crippen molar-refractivity contribution >= 4 is 0 Å². The van der Waals surface area contributed by atoms with Gasteiger partial charge in [-0.05, 0) is 32.4 Å². The molecule has 1 aromatic heterocycles. The summed E-state index contributed by atoms with van der Waals surface area (Å²) in [4.78, 5) is 6.69. The van der Waals surface area contributed by atoms with Gasteiger partial charge in [-0.15, -0.1) is 0 Å². The normalized spacial score (nSPS) is 18.7. The predicted octanol–water partition coefficient (Wildman–Crippen LogP) is 2.45. The van der Waals surface area contributed by atoms with E-state index in [2.05, 4.69) is 39.4 Å². The number of nitrogens with one attached hydrogen (secondary N) is 1. The molecule has 0 radical (unpaired) electrons. The largest absolute Gasteiger partial charge is 0.496 e. The average molecular weight is 330 g/mol. The minimum atomic E-state index is 0.469. The van der Waals surface area contributed by atoms with Gasteiger partial charge in [-0.2, -0.15) is 4.98 Å². The van der Waals surface area contributed by atoms with Gasteiger partial charge in [0.25, 0.3) is 0 Å². The SMILES string of the molecule is COc1ccc(C)cc1CN[C@@H]1CCCN(Cc2noc(C)n2)C1. The molecule has 0 saturated carbocycles. The maximum atomic E-state index is 5.47. The fraction of sp³-hybridized carbons (Fsp3) is 0.556. The van der Waals surface area contributed by atoms with Crippen LogP contribution in [-0.4, -0.2) is 41.3 Å². The van der Waals surface area contributed by atoms with Crippen molar-refractivity contribution < 1.29 is 9.26 Å². The van der Waals surface area contributed by atoms with Gasteiger partial charge in [0.15, 0.2) is 5.82 Å². The molecule has 3 rings (SSSR count). The van der Waals surface area contributed by atoms with Crippen molar-refractivity contribution in [3.8, 4) is 5.75 Å². The smallest absolute Gasteiger partial charge is 0.223 e. The minimum absolute atomic E-state index is 0.469. The van der Waals surface area contributed by atoms with E-state index in [1.165, 1.54) is 24.0 Å². The zero-order chi connectivity index (χ0) is 16.9. The molecule has 0 spiro atoms. The van der Waals surface area contributed by atoms with Gasteiger partial charge in [0.1, 0.15) is 5.75 Å². The van der Waals surface area contributed by atoms with Gasteiger partial charge in [-0.1, -0.05) is 22.9 Å². The van der Waals surface area contributed by atoms with E-state index in [9.17, 15) is 0 Å². The maximum absolute atomic E-state index is 5.47. The molecule has 0 amide bonds. The topological polar surface area (TPSA) is 63.4 Å². The quantitative estimate of drug-likeness (QED) is 0.878. The third kappa shape index (κ3) is 4.33. The lowest BCUT2D eigenvalue weighted by molar-refractivity contribution is 0.177. The second kappa shape index (κ2) is 7.77. The minimum Gasteiger partial charge on any atom is -0.496 e. The van der Waals surface area contributed by atoms with Gasteiger partial charge < -0.3 is 14.6 Å². The van der Waals surface area contributed by atoms with Crippen molar-refractivity contribution in [1.82, 2.24) is 20.4 Å². The van der Waals surface area contributed by atoms with Crippen LogP contribution in [0.2, 0.25) is 0 Å². The van der Waals surface area contributed by atoms with Crippen molar-refractivity contribution in [3.05, 3.63) is 41.0 Å². The number of ether oxygens (including phenoxy) is 1. The molecule has 6 nitrogen and oxygen atoms in total. The Hall–Kier alpha value is -1.92. The molecule has 1 saturated heterocycles. The van der Waals surface area contributed by atoms with Crippen LogP contribution >= 0.6 is 0 Å². The number of hydrogen-bond donors (Lipinski definition) is 1. The summed E-state index contributed by atoms with van der Waals surface area (Å²) in [6.45, 7) is 7.60. The Bertz CT molecular complexity index is 671. The molecular formula is C18H26N4O2. The van der Waals surface area contributed by atoms with E-state index in [0.717, 1.165) is 37.8 Å². The highest BCUT2D eigenvalue weighted by Crippen LogP contribution is 2.20. The molecule has 0 aliphatic carbocycles. The zero-order valence-corrected chi connectivity index (χ0v) is 14.7. The number of aromatic nitrogens is 2. The number of rotatable bonds is 6. The molecule has 1 N–H and O–H groups in total. The maximum Gasteiger partial charge on any atom is 0.223 e. The van der Waals surface area contributed by atoms with E-state index >= 15 is 0 Å². The molecule has 1 fully saturated rings. The fourth-order valence-electron chi connectivity index (χ4n) is 3.27. The summed E-state index contributed by atoms with van der Waals surface area (Å²) < 4.78 is 10.5. The van der Waals surface area contributed by atoms with Crippen molar-refractivity contribution in [1.29, 1.82) is 0 Å². The van der Waals surface area contributed by atoms with Crippen molar-refractivity contribution in [2.75, 3.05) is 20.2 Å². The summed E-state index contributed by atoms with van der Waals surface area (Å²) >= 11 is 0. The van der Waals surface area contributed by atoms with Crippen LogP contribution in [0.4, 0.5) is 0 Å². The van der Waals surface area contributed by atoms with Crippen LogP contribution in [0.1, 0.15) is 35.7 Å². The zero-order valence-electron chi connectivity index (χ0n) is 14.7. The third-order valence-electron chi connectivity index (χ3n) is 4.46. The summed E-state index contributed by atoms with van der Waals surface area (Å²) in [7, 11) is 1.73. The molecule has 1 aromatic carbocycles. The highest BCUT2D eigenvalue weighted by Gasteiger charge is 2.21. The van der Waals surface area contributed by atoms with Crippen molar-refractivity contribution in [2.24, 2.45) is 0 Å². The highest BCUT2D eigenvalue weighted by atomic mass is 16.5.